The number of carbonyl (C=O) groups is 1. The van der Waals surface area contributed by atoms with E-state index in [1.54, 1.807) is 7.11 Å². The highest BCUT2D eigenvalue weighted by molar-refractivity contribution is 5.81. The van der Waals surface area contributed by atoms with Crippen molar-refractivity contribution in [2.24, 2.45) is 11.7 Å². The zero-order valence-electron chi connectivity index (χ0n) is 15.0. The number of likely N-dealkylation sites (tertiary alicyclic amines) is 1. The van der Waals surface area contributed by atoms with Crippen LogP contribution in [0.4, 0.5) is 0 Å². The Labute approximate surface area is 145 Å². The highest BCUT2D eigenvalue weighted by atomic mass is 16.5. The first-order valence-electron chi connectivity index (χ1n) is 9.01. The van der Waals surface area contributed by atoms with Crippen molar-refractivity contribution >= 4 is 5.91 Å². The average molecular weight is 333 g/mol. The molecule has 1 aliphatic rings. The third kappa shape index (κ3) is 5.80. The third-order valence-electron chi connectivity index (χ3n) is 4.77. The van der Waals surface area contributed by atoms with Gasteiger partial charge in [-0.1, -0.05) is 25.5 Å². The summed E-state index contributed by atoms with van der Waals surface area (Å²) in [6, 6.07) is 7.92. The molecule has 1 aromatic carbocycles. The van der Waals surface area contributed by atoms with Gasteiger partial charge in [-0.25, -0.2) is 0 Å². The molecule has 0 aliphatic carbocycles. The number of nitrogens with two attached hydrogens (primary N) is 1. The van der Waals surface area contributed by atoms with Gasteiger partial charge in [0.1, 0.15) is 5.75 Å². The molecular weight excluding hydrogens is 302 g/mol. The minimum atomic E-state index is -0.356. The minimum absolute atomic E-state index is 0.00230. The van der Waals surface area contributed by atoms with E-state index < -0.39 is 0 Å². The summed E-state index contributed by atoms with van der Waals surface area (Å²) >= 11 is 0. The predicted molar refractivity (Wildman–Crippen MR) is 96.9 cm³/mol. The van der Waals surface area contributed by atoms with Gasteiger partial charge in [-0.05, 0) is 56.0 Å². The number of benzene rings is 1. The van der Waals surface area contributed by atoms with E-state index >= 15 is 0 Å². The number of piperidine rings is 1. The van der Waals surface area contributed by atoms with Gasteiger partial charge in [-0.15, -0.1) is 0 Å². The maximum atomic E-state index is 11.9. The standard InChI is InChI=1S/C19H31N3O2/c1-3-4-18(20)19(23)21-13-15-9-11-22(12-10-15)14-16-5-7-17(24-2)8-6-16/h5-8,15,18H,3-4,9-14,20H2,1-2H3,(H,21,23). The number of amides is 1. The Morgan fingerprint density at radius 2 is 2.00 bits per heavy atom. The average Bonchev–Trinajstić information content (AvgIpc) is 2.61. The summed E-state index contributed by atoms with van der Waals surface area (Å²) in [5.74, 6) is 1.46. The van der Waals surface area contributed by atoms with Crippen molar-refractivity contribution in [2.75, 3.05) is 26.7 Å². The van der Waals surface area contributed by atoms with E-state index in [1.165, 1.54) is 5.56 Å². The molecule has 0 radical (unpaired) electrons. The normalized spacial score (nSPS) is 17.5. The van der Waals surface area contributed by atoms with Crippen LogP contribution in [0.3, 0.4) is 0 Å². The number of nitrogens with zero attached hydrogens (tertiary/aromatic N) is 1. The fourth-order valence-electron chi connectivity index (χ4n) is 3.16. The van der Waals surface area contributed by atoms with E-state index in [2.05, 4.69) is 22.3 Å². The van der Waals surface area contributed by atoms with E-state index in [0.29, 0.717) is 5.92 Å². The summed E-state index contributed by atoms with van der Waals surface area (Å²) in [6.07, 6.45) is 3.95. The van der Waals surface area contributed by atoms with Crippen LogP contribution in [0.1, 0.15) is 38.2 Å². The molecule has 1 atom stereocenters. The Hall–Kier alpha value is -1.59. The van der Waals surface area contributed by atoms with Crippen LogP contribution in [0.25, 0.3) is 0 Å². The number of ether oxygens (including phenoxy) is 1. The Balaban J connectivity index is 1.68. The van der Waals surface area contributed by atoms with Gasteiger partial charge < -0.3 is 15.8 Å². The van der Waals surface area contributed by atoms with Gasteiger partial charge in [0, 0.05) is 13.1 Å². The topological polar surface area (TPSA) is 67.6 Å². The summed E-state index contributed by atoms with van der Waals surface area (Å²) in [5, 5.41) is 3.02. The molecule has 1 fully saturated rings. The third-order valence-corrected chi connectivity index (χ3v) is 4.77. The number of nitrogens with one attached hydrogen (secondary N) is 1. The van der Waals surface area contributed by atoms with E-state index in [9.17, 15) is 4.79 Å². The first-order valence-corrected chi connectivity index (χ1v) is 9.01. The Kier molecular flexibility index (Phi) is 7.53. The van der Waals surface area contributed by atoms with Gasteiger partial charge in [0.25, 0.3) is 0 Å². The van der Waals surface area contributed by atoms with Crippen molar-refractivity contribution in [1.82, 2.24) is 10.2 Å². The van der Waals surface area contributed by atoms with E-state index in [0.717, 1.165) is 57.6 Å². The number of rotatable bonds is 8. The maximum absolute atomic E-state index is 11.9. The van der Waals surface area contributed by atoms with Crippen molar-refractivity contribution in [3.63, 3.8) is 0 Å². The van der Waals surface area contributed by atoms with Crippen molar-refractivity contribution in [3.8, 4) is 5.75 Å². The summed E-state index contributed by atoms with van der Waals surface area (Å²) in [5.41, 5.74) is 7.16. The predicted octanol–water partition coefficient (Wildman–Crippen LogP) is 2.15. The summed E-state index contributed by atoms with van der Waals surface area (Å²) < 4.78 is 5.19. The number of hydrogen-bond donors (Lipinski definition) is 2. The van der Waals surface area contributed by atoms with Crippen molar-refractivity contribution in [2.45, 2.75) is 45.2 Å². The van der Waals surface area contributed by atoms with Gasteiger partial charge >= 0.3 is 0 Å². The zero-order valence-corrected chi connectivity index (χ0v) is 15.0. The summed E-state index contributed by atoms with van der Waals surface area (Å²) in [7, 11) is 1.69. The molecule has 0 spiro atoms. The largest absolute Gasteiger partial charge is 0.497 e. The Bertz CT molecular complexity index is 496. The molecule has 1 aliphatic heterocycles. The fraction of sp³-hybridized carbons (Fsp3) is 0.632. The first-order chi connectivity index (χ1) is 11.6. The van der Waals surface area contributed by atoms with Crippen LogP contribution in [-0.2, 0) is 11.3 Å². The fourth-order valence-corrected chi connectivity index (χ4v) is 3.16. The lowest BCUT2D eigenvalue weighted by Gasteiger charge is -2.32. The molecule has 1 aromatic rings. The molecule has 5 heteroatoms. The highest BCUT2D eigenvalue weighted by Gasteiger charge is 2.21. The monoisotopic (exact) mass is 333 g/mol. The molecule has 24 heavy (non-hydrogen) atoms. The maximum Gasteiger partial charge on any atom is 0.236 e. The van der Waals surface area contributed by atoms with Gasteiger partial charge in [0.2, 0.25) is 5.91 Å². The van der Waals surface area contributed by atoms with Gasteiger partial charge in [0.05, 0.1) is 13.2 Å². The zero-order chi connectivity index (χ0) is 17.4. The van der Waals surface area contributed by atoms with Crippen LogP contribution < -0.4 is 15.8 Å². The second-order valence-corrected chi connectivity index (χ2v) is 6.71. The molecule has 5 nitrogen and oxygen atoms in total. The van der Waals surface area contributed by atoms with Crippen molar-refractivity contribution < 1.29 is 9.53 Å². The van der Waals surface area contributed by atoms with E-state index in [-0.39, 0.29) is 11.9 Å². The van der Waals surface area contributed by atoms with E-state index in [1.807, 2.05) is 19.1 Å². The SMILES string of the molecule is CCCC(N)C(=O)NCC1CCN(Cc2ccc(OC)cc2)CC1. The summed E-state index contributed by atoms with van der Waals surface area (Å²) in [4.78, 5) is 14.4. The lowest BCUT2D eigenvalue weighted by atomic mass is 9.96. The second kappa shape index (κ2) is 9.64. The molecule has 1 heterocycles. The smallest absolute Gasteiger partial charge is 0.236 e. The highest BCUT2D eigenvalue weighted by Crippen LogP contribution is 2.19. The molecule has 0 saturated carbocycles. The molecule has 1 saturated heterocycles. The van der Waals surface area contributed by atoms with Gasteiger partial charge in [0.15, 0.2) is 0 Å². The molecule has 1 amide bonds. The number of methoxy groups -OCH3 is 1. The molecule has 0 aromatic heterocycles. The molecular formula is C19H31N3O2. The Morgan fingerprint density at radius 1 is 1.33 bits per heavy atom. The minimum Gasteiger partial charge on any atom is -0.497 e. The molecule has 1 unspecified atom stereocenters. The van der Waals surface area contributed by atoms with Gasteiger partial charge in [-0.3, -0.25) is 9.69 Å². The lowest BCUT2D eigenvalue weighted by molar-refractivity contribution is -0.122. The second-order valence-electron chi connectivity index (χ2n) is 6.71. The van der Waals surface area contributed by atoms with E-state index in [4.69, 9.17) is 10.5 Å². The quantitative estimate of drug-likeness (QED) is 0.765. The van der Waals surface area contributed by atoms with Crippen LogP contribution in [0, 0.1) is 5.92 Å². The number of carbonyl (C=O) groups excluding carboxylic acids is 1. The molecule has 2 rings (SSSR count). The van der Waals surface area contributed by atoms with Crippen LogP contribution in [0.5, 0.6) is 5.75 Å². The van der Waals surface area contributed by atoms with Gasteiger partial charge in [-0.2, -0.15) is 0 Å². The van der Waals surface area contributed by atoms with Crippen molar-refractivity contribution in [1.29, 1.82) is 0 Å². The van der Waals surface area contributed by atoms with Crippen LogP contribution in [-0.4, -0.2) is 43.6 Å². The molecule has 134 valence electrons. The summed E-state index contributed by atoms with van der Waals surface area (Å²) in [6.45, 7) is 5.93. The van der Waals surface area contributed by atoms with Crippen LogP contribution in [0.15, 0.2) is 24.3 Å². The van der Waals surface area contributed by atoms with Crippen LogP contribution in [0.2, 0.25) is 0 Å². The molecule has 3 N–H and O–H groups in total. The lowest BCUT2D eigenvalue weighted by Crippen LogP contribution is -2.44. The van der Waals surface area contributed by atoms with Crippen LogP contribution >= 0.6 is 0 Å². The Morgan fingerprint density at radius 3 is 2.58 bits per heavy atom. The molecule has 0 bridgehead atoms. The first kappa shape index (κ1) is 18.7. The number of hydrogen-bond acceptors (Lipinski definition) is 4. The van der Waals surface area contributed by atoms with Crippen molar-refractivity contribution in [3.05, 3.63) is 29.8 Å².